The molecular weight excluding hydrogens is 432 g/mol. The van der Waals surface area contributed by atoms with Crippen molar-refractivity contribution in [2.45, 2.75) is 6.54 Å². The van der Waals surface area contributed by atoms with Crippen LogP contribution in [0.25, 0.3) is 10.9 Å². The lowest BCUT2D eigenvalue weighted by Gasteiger charge is -2.09. The molecule has 34 heavy (non-hydrogen) atoms. The number of aromatic hydroxyl groups is 1. The van der Waals surface area contributed by atoms with Crippen molar-refractivity contribution in [3.05, 3.63) is 94.7 Å². The molecule has 1 heterocycles. The number of fused-ring (bicyclic) bond motifs is 1. The van der Waals surface area contributed by atoms with Crippen LogP contribution < -0.4 is 10.2 Å². The minimum absolute atomic E-state index is 0.0130. The molecule has 8 nitrogen and oxygen atoms in total. The Bertz CT molecular complexity index is 1460. The van der Waals surface area contributed by atoms with Gasteiger partial charge in [-0.1, -0.05) is 12.1 Å². The van der Waals surface area contributed by atoms with Crippen molar-refractivity contribution in [2.24, 2.45) is 5.10 Å². The third-order valence-electron chi connectivity index (χ3n) is 5.31. The second kappa shape index (κ2) is 9.71. The number of ether oxygens (including phenoxy) is 1. The lowest BCUT2D eigenvalue weighted by atomic mass is 10.1. The van der Waals surface area contributed by atoms with Gasteiger partial charge in [0.2, 0.25) is 0 Å². The normalized spacial score (nSPS) is 10.8. The van der Waals surface area contributed by atoms with Gasteiger partial charge < -0.3 is 14.4 Å². The van der Waals surface area contributed by atoms with Gasteiger partial charge >= 0.3 is 0 Å². The van der Waals surface area contributed by atoms with E-state index in [-0.39, 0.29) is 16.9 Å². The largest absolute Gasteiger partial charge is 0.507 e. The fraction of sp³-hybridized carbons (Fsp3) is 0.0769. The maximum atomic E-state index is 12.3. The van der Waals surface area contributed by atoms with Crippen molar-refractivity contribution in [1.82, 2.24) is 9.99 Å². The number of carbonyl (C=O) groups is 2. The highest BCUT2D eigenvalue weighted by Gasteiger charge is 2.10. The van der Waals surface area contributed by atoms with Crippen molar-refractivity contribution in [2.75, 3.05) is 7.11 Å². The molecule has 0 spiro atoms. The zero-order chi connectivity index (χ0) is 24.1. The molecule has 0 saturated carbocycles. The third-order valence-corrected chi connectivity index (χ3v) is 5.31. The van der Waals surface area contributed by atoms with E-state index in [4.69, 9.17) is 10.00 Å². The summed E-state index contributed by atoms with van der Waals surface area (Å²) in [4.78, 5) is 23.6. The fourth-order valence-corrected chi connectivity index (χ4v) is 3.65. The predicted molar refractivity (Wildman–Crippen MR) is 127 cm³/mol. The zero-order valence-corrected chi connectivity index (χ0v) is 18.2. The number of hydrogen-bond acceptors (Lipinski definition) is 6. The van der Waals surface area contributed by atoms with Gasteiger partial charge in [0.05, 0.1) is 18.9 Å². The molecule has 168 valence electrons. The summed E-state index contributed by atoms with van der Waals surface area (Å²) in [5.74, 6) is -0.0632. The number of aldehydes is 1. The molecule has 0 radical (unpaired) electrons. The van der Waals surface area contributed by atoms with E-state index in [1.807, 2.05) is 48.7 Å². The minimum Gasteiger partial charge on any atom is -0.507 e. The topological polar surface area (TPSA) is 117 Å². The Balaban J connectivity index is 1.54. The molecule has 1 amide bonds. The summed E-state index contributed by atoms with van der Waals surface area (Å²) in [6.07, 6.45) is 4.29. The number of phenols is 1. The summed E-state index contributed by atoms with van der Waals surface area (Å²) < 4.78 is 7.34. The van der Waals surface area contributed by atoms with Crippen LogP contribution in [0, 0.1) is 11.3 Å². The Hall–Kier alpha value is -4.90. The van der Waals surface area contributed by atoms with E-state index in [0.717, 1.165) is 28.3 Å². The Morgan fingerprint density at radius 2 is 2.06 bits per heavy atom. The van der Waals surface area contributed by atoms with Crippen LogP contribution >= 0.6 is 0 Å². The number of nitriles is 1. The molecule has 1 aromatic heterocycles. The first-order valence-corrected chi connectivity index (χ1v) is 10.3. The summed E-state index contributed by atoms with van der Waals surface area (Å²) in [5, 5.41) is 23.6. The molecule has 4 aromatic rings. The summed E-state index contributed by atoms with van der Waals surface area (Å²) in [6, 6.07) is 18.9. The Labute approximate surface area is 195 Å². The first-order chi connectivity index (χ1) is 16.5. The summed E-state index contributed by atoms with van der Waals surface area (Å²) in [7, 11) is 1.56. The van der Waals surface area contributed by atoms with E-state index in [1.165, 1.54) is 18.2 Å². The van der Waals surface area contributed by atoms with E-state index >= 15 is 0 Å². The second-order valence-electron chi connectivity index (χ2n) is 7.50. The lowest BCUT2D eigenvalue weighted by Crippen LogP contribution is -2.17. The van der Waals surface area contributed by atoms with Gasteiger partial charge in [0.15, 0.2) is 0 Å². The van der Waals surface area contributed by atoms with Crippen molar-refractivity contribution < 1.29 is 19.4 Å². The van der Waals surface area contributed by atoms with Crippen LogP contribution in [0.3, 0.4) is 0 Å². The Morgan fingerprint density at radius 1 is 1.21 bits per heavy atom. The number of carbonyl (C=O) groups excluding carboxylic acids is 2. The monoisotopic (exact) mass is 452 g/mol. The fourth-order valence-electron chi connectivity index (χ4n) is 3.65. The minimum atomic E-state index is -0.499. The summed E-state index contributed by atoms with van der Waals surface area (Å²) >= 11 is 0. The van der Waals surface area contributed by atoms with Crippen LogP contribution in [-0.2, 0) is 6.54 Å². The molecular formula is C26H20N4O4. The van der Waals surface area contributed by atoms with Crippen LogP contribution in [0.5, 0.6) is 11.5 Å². The van der Waals surface area contributed by atoms with Crippen LogP contribution in [-0.4, -0.2) is 35.2 Å². The predicted octanol–water partition coefficient (Wildman–Crippen LogP) is 3.85. The summed E-state index contributed by atoms with van der Waals surface area (Å²) in [6.45, 7) is 0.543. The molecule has 0 bridgehead atoms. The van der Waals surface area contributed by atoms with Gasteiger partial charge in [-0.3, -0.25) is 9.59 Å². The molecule has 2 N–H and O–H groups in total. The number of hydrogen-bond donors (Lipinski definition) is 2. The summed E-state index contributed by atoms with van der Waals surface area (Å²) in [5.41, 5.74) is 5.90. The molecule has 0 unspecified atom stereocenters. The van der Waals surface area contributed by atoms with Crippen LogP contribution in [0.15, 0.2) is 72.0 Å². The van der Waals surface area contributed by atoms with Gasteiger partial charge in [-0.25, -0.2) is 5.43 Å². The van der Waals surface area contributed by atoms with Gasteiger partial charge in [0.25, 0.3) is 5.91 Å². The molecule has 3 aromatic carbocycles. The van der Waals surface area contributed by atoms with Gasteiger partial charge in [-0.05, 0) is 54.1 Å². The SMILES string of the molecule is COc1cc(C=O)cc(Cn2ccc3c(/C=N/NC(=O)c4ccc(O)c(C#N)c4)cccc32)c1. The standard InChI is InChI=1S/C26H20N4O4/c1-34-22-10-17(9-18(11-22)16-31)15-30-8-7-23-20(3-2-4-24(23)30)14-28-29-26(33)19-5-6-25(32)21(12-19)13-27/h2-12,14,16,32H,15H2,1H3,(H,29,33)/b28-14+. The van der Waals surface area contributed by atoms with Crippen molar-refractivity contribution in [3.8, 4) is 17.6 Å². The highest BCUT2D eigenvalue weighted by atomic mass is 16.5. The number of aromatic nitrogens is 1. The van der Waals surface area contributed by atoms with Crippen molar-refractivity contribution in [1.29, 1.82) is 5.26 Å². The van der Waals surface area contributed by atoms with Crippen LogP contribution in [0.4, 0.5) is 0 Å². The molecule has 0 atom stereocenters. The van der Waals surface area contributed by atoms with Gasteiger partial charge in [0, 0.05) is 40.3 Å². The number of methoxy groups -OCH3 is 1. The number of benzene rings is 3. The number of amides is 1. The highest BCUT2D eigenvalue weighted by Crippen LogP contribution is 2.23. The van der Waals surface area contributed by atoms with Crippen molar-refractivity contribution >= 4 is 29.3 Å². The second-order valence-corrected chi connectivity index (χ2v) is 7.50. The van der Waals surface area contributed by atoms with Gasteiger partial charge in [-0.15, -0.1) is 0 Å². The number of rotatable bonds is 7. The maximum Gasteiger partial charge on any atom is 0.271 e. The lowest BCUT2D eigenvalue weighted by molar-refractivity contribution is 0.0954. The van der Waals surface area contributed by atoms with E-state index in [2.05, 4.69) is 15.1 Å². The highest BCUT2D eigenvalue weighted by molar-refractivity contribution is 6.00. The Morgan fingerprint density at radius 3 is 2.82 bits per heavy atom. The van der Waals surface area contributed by atoms with E-state index in [9.17, 15) is 14.7 Å². The quantitative estimate of drug-likeness (QED) is 0.251. The van der Waals surface area contributed by atoms with Crippen molar-refractivity contribution in [3.63, 3.8) is 0 Å². The molecule has 8 heteroatoms. The molecule has 4 rings (SSSR count). The van der Waals surface area contributed by atoms with E-state index in [0.29, 0.717) is 17.9 Å². The smallest absolute Gasteiger partial charge is 0.271 e. The number of hydrazone groups is 1. The molecule has 0 aliphatic carbocycles. The zero-order valence-electron chi connectivity index (χ0n) is 18.2. The number of nitrogens with zero attached hydrogens (tertiary/aromatic N) is 3. The number of phenolic OH excluding ortho intramolecular Hbond substituents is 1. The average Bonchev–Trinajstić information content (AvgIpc) is 3.27. The first kappa shape index (κ1) is 22.3. The molecule has 0 aliphatic rings. The van der Waals surface area contributed by atoms with E-state index in [1.54, 1.807) is 19.4 Å². The first-order valence-electron chi connectivity index (χ1n) is 10.3. The van der Waals surface area contributed by atoms with Crippen LogP contribution in [0.2, 0.25) is 0 Å². The molecule has 0 saturated heterocycles. The van der Waals surface area contributed by atoms with Gasteiger partial charge in [-0.2, -0.15) is 10.4 Å². The third kappa shape index (κ3) is 4.64. The van der Waals surface area contributed by atoms with Crippen LogP contribution in [0.1, 0.15) is 37.4 Å². The molecule has 0 fully saturated rings. The average molecular weight is 452 g/mol. The Kier molecular flexibility index (Phi) is 6.37. The molecule has 0 aliphatic heterocycles. The van der Waals surface area contributed by atoms with E-state index < -0.39 is 5.91 Å². The maximum absolute atomic E-state index is 12.3. The van der Waals surface area contributed by atoms with Gasteiger partial charge in [0.1, 0.15) is 23.9 Å². The number of nitrogens with one attached hydrogen (secondary N) is 1.